The van der Waals surface area contributed by atoms with Crippen molar-refractivity contribution in [3.8, 4) is 0 Å². The molecule has 0 radical (unpaired) electrons. The Morgan fingerprint density at radius 2 is 2.04 bits per heavy atom. The summed E-state index contributed by atoms with van der Waals surface area (Å²) in [6.45, 7) is 0. The predicted molar refractivity (Wildman–Crippen MR) is 89.0 cm³/mol. The van der Waals surface area contributed by atoms with E-state index in [2.05, 4.69) is 15.6 Å². The summed E-state index contributed by atoms with van der Waals surface area (Å²) >= 11 is 5.98. The van der Waals surface area contributed by atoms with E-state index in [9.17, 15) is 18.0 Å². The number of rotatable bonds is 1. The van der Waals surface area contributed by atoms with Crippen LogP contribution in [0.15, 0.2) is 36.4 Å². The van der Waals surface area contributed by atoms with Crippen LogP contribution < -0.4 is 5.32 Å². The molecule has 134 valence electrons. The molecule has 1 atom stereocenters. The monoisotopic (exact) mass is 380 g/mol. The van der Waals surface area contributed by atoms with Crippen molar-refractivity contribution < 1.29 is 18.0 Å². The highest BCUT2D eigenvalue weighted by atomic mass is 35.5. The van der Waals surface area contributed by atoms with Crippen LogP contribution in [0.5, 0.6) is 0 Å². The number of nitrogens with one attached hydrogen (secondary N) is 1. The van der Waals surface area contributed by atoms with Gasteiger partial charge in [0.05, 0.1) is 16.6 Å². The normalized spacial score (nSPS) is 16.7. The first-order valence-electron chi connectivity index (χ1n) is 7.85. The maximum absolute atomic E-state index is 12.9. The largest absolute Gasteiger partial charge is 0.416 e. The first kappa shape index (κ1) is 16.8. The maximum Gasteiger partial charge on any atom is 0.416 e. The standard InChI is InChI=1S/C17H12ClF3N4O/c18-12-7-10(17(19,20)21)8-14-15(12)25(24-23-14)16(26)22-13-6-5-9-3-1-2-4-11(9)13/h1-4,7-8,13H,5-6H2,(H,22,26)/t13-/m1/s1. The maximum atomic E-state index is 12.9. The van der Waals surface area contributed by atoms with Crippen LogP contribution in [0.1, 0.15) is 29.2 Å². The number of hydrogen-bond donors (Lipinski definition) is 1. The van der Waals surface area contributed by atoms with Crippen molar-refractivity contribution in [2.24, 2.45) is 0 Å². The van der Waals surface area contributed by atoms with Gasteiger partial charge in [-0.1, -0.05) is 41.1 Å². The van der Waals surface area contributed by atoms with E-state index in [4.69, 9.17) is 11.6 Å². The van der Waals surface area contributed by atoms with Crippen LogP contribution in [0.3, 0.4) is 0 Å². The number of amides is 1. The minimum Gasteiger partial charge on any atom is -0.329 e. The van der Waals surface area contributed by atoms with Crippen molar-refractivity contribution in [2.45, 2.75) is 25.1 Å². The fourth-order valence-electron chi connectivity index (χ4n) is 3.23. The van der Waals surface area contributed by atoms with E-state index in [-0.39, 0.29) is 22.1 Å². The average molecular weight is 381 g/mol. The molecule has 0 fully saturated rings. The molecule has 0 aliphatic heterocycles. The summed E-state index contributed by atoms with van der Waals surface area (Å²) in [5, 5.41) is 9.95. The lowest BCUT2D eigenvalue weighted by Gasteiger charge is -2.14. The number of aryl methyl sites for hydroxylation is 1. The van der Waals surface area contributed by atoms with Crippen LogP contribution in [-0.4, -0.2) is 21.0 Å². The average Bonchev–Trinajstić information content (AvgIpc) is 3.19. The Morgan fingerprint density at radius 3 is 2.81 bits per heavy atom. The fourth-order valence-corrected chi connectivity index (χ4v) is 3.53. The number of fused-ring (bicyclic) bond motifs is 2. The smallest absolute Gasteiger partial charge is 0.329 e. The third-order valence-corrected chi connectivity index (χ3v) is 4.74. The van der Waals surface area contributed by atoms with E-state index in [1.165, 1.54) is 0 Å². The number of carbonyl (C=O) groups excluding carboxylic acids is 1. The number of benzene rings is 2. The van der Waals surface area contributed by atoms with E-state index in [0.717, 1.165) is 40.8 Å². The van der Waals surface area contributed by atoms with Gasteiger partial charge in [-0.05, 0) is 36.1 Å². The van der Waals surface area contributed by atoms with Crippen LogP contribution in [0.25, 0.3) is 11.0 Å². The van der Waals surface area contributed by atoms with Gasteiger partial charge in [-0.2, -0.15) is 17.9 Å². The van der Waals surface area contributed by atoms with Crippen LogP contribution in [0.2, 0.25) is 5.02 Å². The number of halogens is 4. The highest BCUT2D eigenvalue weighted by Gasteiger charge is 2.33. The quantitative estimate of drug-likeness (QED) is 0.682. The Kier molecular flexibility index (Phi) is 3.87. The van der Waals surface area contributed by atoms with Crippen molar-refractivity contribution >= 4 is 28.7 Å². The zero-order chi connectivity index (χ0) is 18.5. The van der Waals surface area contributed by atoms with E-state index in [1.807, 2.05) is 24.3 Å². The second-order valence-electron chi connectivity index (χ2n) is 6.06. The summed E-state index contributed by atoms with van der Waals surface area (Å²) in [5.41, 5.74) is 1.20. The van der Waals surface area contributed by atoms with Gasteiger partial charge in [0.2, 0.25) is 0 Å². The SMILES string of the molecule is O=C(N[C@@H]1CCc2ccccc21)n1nnc2cc(C(F)(F)F)cc(Cl)c21. The zero-order valence-corrected chi connectivity index (χ0v) is 14.0. The Labute approximate surface area is 150 Å². The van der Waals surface area contributed by atoms with Gasteiger partial charge in [0.1, 0.15) is 11.0 Å². The van der Waals surface area contributed by atoms with E-state index >= 15 is 0 Å². The van der Waals surface area contributed by atoms with Gasteiger partial charge in [0, 0.05) is 0 Å². The molecule has 2 aromatic carbocycles. The van der Waals surface area contributed by atoms with Crippen LogP contribution >= 0.6 is 11.6 Å². The minimum absolute atomic E-state index is 0.0449. The third kappa shape index (κ3) is 2.80. The van der Waals surface area contributed by atoms with Gasteiger partial charge in [-0.25, -0.2) is 4.79 Å². The van der Waals surface area contributed by atoms with Gasteiger partial charge >= 0.3 is 12.2 Å². The molecule has 5 nitrogen and oxygen atoms in total. The Balaban J connectivity index is 1.66. The van der Waals surface area contributed by atoms with Crippen molar-refractivity contribution in [1.29, 1.82) is 0 Å². The van der Waals surface area contributed by atoms with E-state index < -0.39 is 17.8 Å². The molecule has 9 heteroatoms. The topological polar surface area (TPSA) is 59.8 Å². The predicted octanol–water partition coefficient (Wildman–Crippen LogP) is 4.35. The number of aromatic nitrogens is 3. The summed E-state index contributed by atoms with van der Waals surface area (Å²) in [6, 6.07) is 8.58. The van der Waals surface area contributed by atoms with Gasteiger partial charge in [-0.15, -0.1) is 5.10 Å². The van der Waals surface area contributed by atoms with Gasteiger partial charge < -0.3 is 5.32 Å². The number of nitrogens with zero attached hydrogens (tertiary/aromatic N) is 3. The van der Waals surface area contributed by atoms with Gasteiger partial charge in [-0.3, -0.25) is 0 Å². The Bertz CT molecular complexity index is 1010. The second kappa shape index (κ2) is 5.98. The van der Waals surface area contributed by atoms with Crippen LogP contribution in [0.4, 0.5) is 18.0 Å². The molecule has 1 amide bonds. The summed E-state index contributed by atoms with van der Waals surface area (Å²) in [6.07, 6.45) is -2.98. The minimum atomic E-state index is -4.56. The Morgan fingerprint density at radius 1 is 1.27 bits per heavy atom. The lowest BCUT2D eigenvalue weighted by molar-refractivity contribution is -0.137. The third-order valence-electron chi connectivity index (χ3n) is 4.45. The first-order valence-corrected chi connectivity index (χ1v) is 8.23. The molecule has 0 bridgehead atoms. The number of alkyl halides is 3. The summed E-state index contributed by atoms with van der Waals surface area (Å²) in [4.78, 5) is 12.6. The fraction of sp³-hybridized carbons (Fsp3) is 0.235. The number of hydrogen-bond acceptors (Lipinski definition) is 3. The van der Waals surface area contributed by atoms with Gasteiger partial charge in [0.15, 0.2) is 0 Å². The van der Waals surface area contributed by atoms with Crippen LogP contribution in [0, 0.1) is 0 Å². The lowest BCUT2D eigenvalue weighted by Crippen LogP contribution is -2.32. The first-order chi connectivity index (χ1) is 12.3. The van der Waals surface area contributed by atoms with Crippen LogP contribution in [-0.2, 0) is 12.6 Å². The van der Waals surface area contributed by atoms with E-state index in [0.29, 0.717) is 0 Å². The number of carbonyl (C=O) groups is 1. The van der Waals surface area contributed by atoms with Crippen molar-refractivity contribution in [1.82, 2.24) is 20.3 Å². The highest BCUT2D eigenvalue weighted by molar-refractivity contribution is 6.35. The molecule has 0 unspecified atom stereocenters. The van der Waals surface area contributed by atoms with Crippen molar-refractivity contribution in [3.63, 3.8) is 0 Å². The molecule has 0 spiro atoms. The lowest BCUT2D eigenvalue weighted by atomic mass is 10.1. The molecular formula is C17H12ClF3N4O. The molecule has 1 heterocycles. The molecule has 0 saturated heterocycles. The van der Waals surface area contributed by atoms with Crippen molar-refractivity contribution in [3.05, 3.63) is 58.1 Å². The summed E-state index contributed by atoms with van der Waals surface area (Å²) < 4.78 is 39.5. The molecule has 26 heavy (non-hydrogen) atoms. The highest BCUT2D eigenvalue weighted by Crippen LogP contribution is 2.35. The van der Waals surface area contributed by atoms with Crippen molar-refractivity contribution in [2.75, 3.05) is 0 Å². The van der Waals surface area contributed by atoms with Gasteiger partial charge in [0.25, 0.3) is 0 Å². The Hall–Kier alpha value is -2.61. The molecule has 1 N–H and O–H groups in total. The molecule has 3 aromatic rings. The molecule has 1 aliphatic rings. The summed E-state index contributed by atoms with van der Waals surface area (Å²) in [7, 11) is 0. The second-order valence-corrected chi connectivity index (χ2v) is 6.47. The molecule has 1 aliphatic carbocycles. The van der Waals surface area contributed by atoms with E-state index in [1.54, 1.807) is 0 Å². The molecule has 1 aromatic heterocycles. The summed E-state index contributed by atoms with van der Waals surface area (Å²) in [5.74, 6) is 0. The molecule has 0 saturated carbocycles. The molecular weight excluding hydrogens is 369 g/mol. The zero-order valence-electron chi connectivity index (χ0n) is 13.2. The molecule has 4 rings (SSSR count).